The quantitative estimate of drug-likeness (QED) is 0.134. The van der Waals surface area contributed by atoms with Crippen LogP contribution in [0, 0.1) is 18.8 Å². The second-order valence-electron chi connectivity index (χ2n) is 12.7. The molecule has 4 aromatic rings. The highest BCUT2D eigenvalue weighted by atomic mass is 19.4. The minimum absolute atomic E-state index is 0.0253. The molecule has 2 aromatic heterocycles. The van der Waals surface area contributed by atoms with Crippen molar-refractivity contribution in [1.82, 2.24) is 29.7 Å². The Balaban J connectivity index is 1.17. The van der Waals surface area contributed by atoms with E-state index in [4.69, 9.17) is 4.74 Å². The second-order valence-corrected chi connectivity index (χ2v) is 12.7. The van der Waals surface area contributed by atoms with E-state index in [9.17, 15) is 23.1 Å². The largest absolute Gasteiger partial charge is 0.444 e. The number of aryl methyl sites for hydroxylation is 1. The van der Waals surface area contributed by atoms with Crippen molar-refractivity contribution < 1.29 is 27.8 Å². The van der Waals surface area contributed by atoms with Crippen LogP contribution in [-0.4, -0.2) is 80.5 Å². The number of aromatic nitrogens is 3. The van der Waals surface area contributed by atoms with Crippen molar-refractivity contribution in [2.75, 3.05) is 44.6 Å². The number of piperazine rings is 1. The molecule has 1 saturated heterocycles. The van der Waals surface area contributed by atoms with Crippen LogP contribution in [-0.2, 0) is 17.5 Å². The summed E-state index contributed by atoms with van der Waals surface area (Å²) < 4.78 is 49.3. The molecule has 0 aliphatic carbocycles. The molecule has 48 heavy (non-hydrogen) atoms. The Kier molecular flexibility index (Phi) is 10.6. The van der Waals surface area contributed by atoms with Crippen LogP contribution in [0.4, 0.5) is 23.7 Å². The first-order valence-corrected chi connectivity index (χ1v) is 15.7. The molecule has 1 atom stereocenters. The Bertz CT molecular complexity index is 1800. The Hall–Kier alpha value is -4.64. The van der Waals surface area contributed by atoms with Crippen LogP contribution in [0.25, 0.3) is 5.65 Å². The molecule has 2 aromatic carbocycles. The number of carbonyl (C=O) groups excluding carboxylic acids is 1. The SMILES string of the molecule is Cc1ccc(C(O)Nc2ccc(CNCCN3CCN(C(=O)OC(C)(C)C)CC3)c(C(F)(F)F)c2)cc1C#Cc1cnc2cccnn12. The highest BCUT2D eigenvalue weighted by Crippen LogP contribution is 2.34. The number of aliphatic hydroxyl groups excluding tert-OH is 1. The fourth-order valence-electron chi connectivity index (χ4n) is 5.26. The van der Waals surface area contributed by atoms with Gasteiger partial charge in [0.15, 0.2) is 11.9 Å². The molecule has 0 radical (unpaired) electrons. The lowest BCUT2D eigenvalue weighted by Gasteiger charge is -2.35. The van der Waals surface area contributed by atoms with Crippen LogP contribution < -0.4 is 10.6 Å². The first-order valence-electron chi connectivity index (χ1n) is 15.7. The summed E-state index contributed by atoms with van der Waals surface area (Å²) in [6.07, 6.45) is -2.93. The van der Waals surface area contributed by atoms with Gasteiger partial charge in [-0.15, -0.1) is 0 Å². The number of halogens is 3. The topological polar surface area (TPSA) is 107 Å². The van der Waals surface area contributed by atoms with E-state index < -0.39 is 23.6 Å². The van der Waals surface area contributed by atoms with Gasteiger partial charge < -0.3 is 25.4 Å². The van der Waals surface area contributed by atoms with Gasteiger partial charge in [0.05, 0.1) is 11.8 Å². The average molecular weight is 664 g/mol. The minimum Gasteiger partial charge on any atom is -0.444 e. The maximum atomic E-state index is 14.1. The smallest absolute Gasteiger partial charge is 0.416 e. The van der Waals surface area contributed by atoms with Crippen LogP contribution in [0.3, 0.4) is 0 Å². The molecule has 1 fully saturated rings. The van der Waals surface area contributed by atoms with Crippen molar-refractivity contribution in [3.63, 3.8) is 0 Å². The van der Waals surface area contributed by atoms with Crippen LogP contribution >= 0.6 is 0 Å². The number of hydrogen-bond acceptors (Lipinski definition) is 8. The summed E-state index contributed by atoms with van der Waals surface area (Å²) in [6.45, 7) is 10.9. The van der Waals surface area contributed by atoms with Crippen molar-refractivity contribution in [3.05, 3.63) is 94.4 Å². The van der Waals surface area contributed by atoms with E-state index >= 15 is 0 Å². The summed E-state index contributed by atoms with van der Waals surface area (Å²) in [5, 5.41) is 21.1. The summed E-state index contributed by atoms with van der Waals surface area (Å²) in [7, 11) is 0. The van der Waals surface area contributed by atoms with Gasteiger partial charge in [-0.25, -0.2) is 14.3 Å². The van der Waals surface area contributed by atoms with Gasteiger partial charge in [0, 0.05) is 68.8 Å². The van der Waals surface area contributed by atoms with Crippen LogP contribution in [0.1, 0.15) is 60.5 Å². The first-order chi connectivity index (χ1) is 22.8. The van der Waals surface area contributed by atoms with Crippen molar-refractivity contribution in [1.29, 1.82) is 0 Å². The van der Waals surface area contributed by atoms with Gasteiger partial charge in [-0.1, -0.05) is 24.1 Å². The van der Waals surface area contributed by atoms with E-state index in [0.717, 1.165) is 11.6 Å². The number of nitrogens with one attached hydrogen (secondary N) is 2. The summed E-state index contributed by atoms with van der Waals surface area (Å²) in [5.41, 5.74) is 2.14. The lowest BCUT2D eigenvalue weighted by molar-refractivity contribution is -0.138. The zero-order valence-corrected chi connectivity index (χ0v) is 27.4. The van der Waals surface area contributed by atoms with E-state index in [0.29, 0.717) is 61.7 Å². The van der Waals surface area contributed by atoms with Crippen molar-refractivity contribution >= 4 is 17.4 Å². The molecule has 1 amide bonds. The van der Waals surface area contributed by atoms with E-state index in [1.54, 1.807) is 46.1 Å². The molecule has 13 heteroatoms. The number of anilines is 1. The number of amides is 1. The lowest BCUT2D eigenvalue weighted by atomic mass is 10.0. The number of nitrogens with zero attached hydrogens (tertiary/aromatic N) is 5. The predicted molar refractivity (Wildman–Crippen MR) is 176 cm³/mol. The molecule has 0 spiro atoms. The van der Waals surface area contributed by atoms with E-state index in [1.165, 1.54) is 12.1 Å². The van der Waals surface area contributed by atoms with Gasteiger partial charge in [0.1, 0.15) is 11.3 Å². The standard InChI is InChI=1S/C35H40F3N7O3/c1-24-7-8-26(20-25(24)10-12-29-23-40-31-6-5-13-41-45(29)31)32(46)42-28-11-9-27(30(21-28)35(36,37)38)22-39-14-15-43-16-18-44(19-17-43)33(47)48-34(2,3)4/h5-9,11,13,20-21,23,32,39,42,46H,14-19,22H2,1-4H3. The van der Waals surface area contributed by atoms with Gasteiger partial charge in [-0.3, -0.25) is 4.90 Å². The van der Waals surface area contributed by atoms with Gasteiger partial charge in [-0.2, -0.15) is 18.3 Å². The second kappa shape index (κ2) is 14.6. The summed E-state index contributed by atoms with van der Waals surface area (Å²) in [6, 6.07) is 12.8. The molecule has 3 heterocycles. The molecular weight excluding hydrogens is 623 g/mol. The highest BCUT2D eigenvalue weighted by molar-refractivity contribution is 5.68. The molecule has 10 nitrogen and oxygen atoms in total. The fourth-order valence-corrected chi connectivity index (χ4v) is 5.26. The molecule has 5 rings (SSSR count). The molecule has 1 aliphatic rings. The molecule has 0 saturated carbocycles. The maximum absolute atomic E-state index is 14.1. The van der Waals surface area contributed by atoms with E-state index in [1.807, 2.05) is 33.8 Å². The van der Waals surface area contributed by atoms with E-state index in [-0.39, 0.29) is 23.9 Å². The first kappa shape index (κ1) is 34.7. The molecule has 3 N–H and O–H groups in total. The maximum Gasteiger partial charge on any atom is 0.416 e. The van der Waals surface area contributed by atoms with Gasteiger partial charge in [0.25, 0.3) is 0 Å². The number of fused-ring (bicyclic) bond motifs is 1. The molecular formula is C35H40F3N7O3. The summed E-state index contributed by atoms with van der Waals surface area (Å²) in [5.74, 6) is 6.15. The Labute approximate surface area is 277 Å². The van der Waals surface area contributed by atoms with Gasteiger partial charge in [0.2, 0.25) is 0 Å². The third-order valence-corrected chi connectivity index (χ3v) is 7.84. The number of imidazole rings is 1. The zero-order chi connectivity index (χ0) is 34.5. The Morgan fingerprint density at radius 3 is 2.56 bits per heavy atom. The average Bonchev–Trinajstić information content (AvgIpc) is 3.45. The van der Waals surface area contributed by atoms with Gasteiger partial charge in [-0.05, 0) is 75.1 Å². The predicted octanol–water partition coefficient (Wildman–Crippen LogP) is 5.20. The van der Waals surface area contributed by atoms with Gasteiger partial charge >= 0.3 is 12.3 Å². The summed E-state index contributed by atoms with van der Waals surface area (Å²) >= 11 is 0. The van der Waals surface area contributed by atoms with E-state index in [2.05, 4.69) is 37.5 Å². The lowest BCUT2D eigenvalue weighted by Crippen LogP contribution is -2.51. The Morgan fingerprint density at radius 1 is 1.06 bits per heavy atom. The normalized spacial score (nSPS) is 14.8. The number of aliphatic hydroxyl groups is 1. The molecule has 1 aliphatic heterocycles. The Morgan fingerprint density at radius 2 is 1.83 bits per heavy atom. The van der Waals surface area contributed by atoms with Crippen LogP contribution in [0.5, 0.6) is 0 Å². The molecule has 1 unspecified atom stereocenters. The zero-order valence-electron chi connectivity index (χ0n) is 27.4. The monoisotopic (exact) mass is 663 g/mol. The van der Waals surface area contributed by atoms with Crippen molar-refractivity contribution in [2.24, 2.45) is 0 Å². The number of hydrogen-bond donors (Lipinski definition) is 3. The van der Waals surface area contributed by atoms with Crippen LogP contribution in [0.15, 0.2) is 60.9 Å². The highest BCUT2D eigenvalue weighted by Gasteiger charge is 2.33. The molecule has 0 bridgehead atoms. The third kappa shape index (κ3) is 9.03. The number of alkyl halides is 3. The molecule has 254 valence electrons. The summed E-state index contributed by atoms with van der Waals surface area (Å²) in [4.78, 5) is 20.4. The van der Waals surface area contributed by atoms with Crippen molar-refractivity contribution in [2.45, 2.75) is 52.2 Å². The number of benzene rings is 2. The third-order valence-electron chi connectivity index (χ3n) is 7.84. The number of carbonyl (C=O) groups is 1. The number of ether oxygens (including phenoxy) is 1. The fraction of sp³-hybridized carbons (Fsp3) is 0.400. The number of rotatable bonds is 8. The van der Waals surface area contributed by atoms with Crippen LogP contribution in [0.2, 0.25) is 0 Å². The minimum atomic E-state index is -4.59. The van der Waals surface area contributed by atoms with Crippen molar-refractivity contribution in [3.8, 4) is 11.8 Å².